The molecule has 0 aliphatic rings. The Kier molecular flexibility index (Phi) is 5.54. The van der Waals surface area contributed by atoms with Crippen LogP contribution < -0.4 is 14.8 Å². The van der Waals surface area contributed by atoms with Crippen molar-refractivity contribution in [3.05, 3.63) is 84.4 Å². The number of rotatable bonds is 6. The molecule has 128 valence electrons. The molecule has 0 aliphatic carbocycles. The van der Waals surface area contributed by atoms with Gasteiger partial charge in [-0.2, -0.15) is 0 Å². The number of carbonyl (C=O) groups is 1. The largest absolute Gasteiger partial charge is 0.457 e. The van der Waals surface area contributed by atoms with Crippen molar-refractivity contribution >= 4 is 11.7 Å². The molecule has 0 aromatic heterocycles. The summed E-state index contributed by atoms with van der Waals surface area (Å²) in [6, 6.07) is 24.6. The van der Waals surface area contributed by atoms with Crippen molar-refractivity contribution in [2.24, 2.45) is 0 Å². The number of ether oxygens (including phenoxy) is 2. The highest BCUT2D eigenvalue weighted by atomic mass is 16.5. The minimum atomic E-state index is -0.707. The molecule has 0 saturated carbocycles. The highest BCUT2D eigenvalue weighted by molar-refractivity contribution is 5.89. The fourth-order valence-electron chi connectivity index (χ4n) is 2.33. The second-order valence-corrected chi connectivity index (χ2v) is 5.47. The first-order chi connectivity index (χ1) is 12.7. The number of hydrogen-bond acceptors (Lipinski definition) is 4. The van der Waals surface area contributed by atoms with Gasteiger partial charge in [0.25, 0.3) is 0 Å². The van der Waals surface area contributed by atoms with Crippen molar-refractivity contribution in [1.82, 2.24) is 0 Å². The Morgan fingerprint density at radius 2 is 1.62 bits per heavy atom. The van der Waals surface area contributed by atoms with Gasteiger partial charge in [-0.05, 0) is 54.1 Å². The molecule has 0 bridgehead atoms. The van der Waals surface area contributed by atoms with E-state index in [1.165, 1.54) is 0 Å². The molecule has 0 unspecified atom stereocenters. The van der Waals surface area contributed by atoms with Crippen LogP contribution in [0.2, 0.25) is 0 Å². The molecule has 0 spiro atoms. The summed E-state index contributed by atoms with van der Waals surface area (Å²) in [5.74, 6) is 3.20. The summed E-state index contributed by atoms with van der Waals surface area (Å²) < 4.78 is 10.8. The van der Waals surface area contributed by atoms with Crippen LogP contribution in [0.25, 0.3) is 0 Å². The molecular formula is C22H17NO3. The van der Waals surface area contributed by atoms with Gasteiger partial charge >= 0.3 is 5.97 Å². The van der Waals surface area contributed by atoms with Crippen LogP contribution in [0.15, 0.2) is 78.9 Å². The van der Waals surface area contributed by atoms with E-state index in [-0.39, 0.29) is 0 Å². The lowest BCUT2D eigenvalue weighted by molar-refractivity contribution is -0.128. The lowest BCUT2D eigenvalue weighted by Crippen LogP contribution is -2.04. The highest BCUT2D eigenvalue weighted by Gasteiger charge is 2.02. The highest BCUT2D eigenvalue weighted by Crippen LogP contribution is 2.22. The number of benzene rings is 3. The third kappa shape index (κ3) is 4.89. The van der Waals surface area contributed by atoms with Gasteiger partial charge in [0.2, 0.25) is 0 Å². The number of hydrogen-bond donors (Lipinski definition) is 1. The molecule has 4 nitrogen and oxygen atoms in total. The summed E-state index contributed by atoms with van der Waals surface area (Å²) in [6.45, 7) is 0.634. The Balaban J connectivity index is 1.59. The second-order valence-electron chi connectivity index (χ2n) is 5.47. The normalized spacial score (nSPS) is 9.81. The van der Waals surface area contributed by atoms with Crippen molar-refractivity contribution in [2.45, 2.75) is 6.54 Å². The molecule has 0 atom stereocenters. The summed E-state index contributed by atoms with van der Waals surface area (Å²) in [5.41, 5.74) is 1.99. The Hall–Kier alpha value is -3.71. The zero-order valence-electron chi connectivity index (χ0n) is 14.0. The molecule has 3 aromatic carbocycles. The molecule has 3 aromatic rings. The summed E-state index contributed by atoms with van der Waals surface area (Å²) >= 11 is 0. The molecule has 0 fully saturated rings. The first-order valence-corrected chi connectivity index (χ1v) is 8.07. The molecule has 0 heterocycles. The van der Waals surface area contributed by atoms with Gasteiger partial charge in [0.05, 0.1) is 0 Å². The third-order valence-corrected chi connectivity index (χ3v) is 3.56. The smallest absolute Gasteiger partial charge is 0.389 e. The predicted octanol–water partition coefficient (Wildman–Crippen LogP) is 4.63. The van der Waals surface area contributed by atoms with Crippen molar-refractivity contribution in [3.8, 4) is 29.6 Å². The van der Waals surface area contributed by atoms with Gasteiger partial charge in [-0.3, -0.25) is 0 Å². The van der Waals surface area contributed by atoms with E-state index in [4.69, 9.17) is 15.9 Å². The van der Waals surface area contributed by atoms with Crippen LogP contribution in [0.3, 0.4) is 0 Å². The molecule has 0 radical (unpaired) electrons. The number of terminal acetylenes is 1. The van der Waals surface area contributed by atoms with Crippen LogP contribution in [-0.2, 0) is 11.3 Å². The molecule has 0 saturated heterocycles. The predicted molar refractivity (Wildman–Crippen MR) is 101 cm³/mol. The Labute approximate surface area is 152 Å². The van der Waals surface area contributed by atoms with Crippen molar-refractivity contribution in [1.29, 1.82) is 0 Å². The number of esters is 1. The Bertz CT molecular complexity index is 912. The van der Waals surface area contributed by atoms with E-state index in [0.29, 0.717) is 12.3 Å². The fraction of sp³-hybridized carbons (Fsp3) is 0.0455. The Morgan fingerprint density at radius 3 is 2.35 bits per heavy atom. The van der Waals surface area contributed by atoms with Gasteiger partial charge in [-0.1, -0.05) is 30.3 Å². The van der Waals surface area contributed by atoms with E-state index >= 15 is 0 Å². The topological polar surface area (TPSA) is 47.6 Å². The van der Waals surface area contributed by atoms with E-state index in [1.807, 2.05) is 72.7 Å². The lowest BCUT2D eigenvalue weighted by atomic mass is 10.2. The van der Waals surface area contributed by atoms with E-state index in [1.54, 1.807) is 12.1 Å². The van der Waals surface area contributed by atoms with Gasteiger partial charge in [0, 0.05) is 18.2 Å². The maximum Gasteiger partial charge on any atom is 0.389 e. The van der Waals surface area contributed by atoms with Gasteiger partial charge < -0.3 is 14.8 Å². The monoisotopic (exact) mass is 343 g/mol. The number of carbonyl (C=O) groups excluding carboxylic acids is 1. The molecule has 4 heteroatoms. The molecule has 0 aliphatic heterocycles. The molecule has 1 N–H and O–H groups in total. The fourth-order valence-corrected chi connectivity index (χ4v) is 2.33. The lowest BCUT2D eigenvalue weighted by Gasteiger charge is -2.10. The van der Waals surface area contributed by atoms with Gasteiger partial charge in [0.15, 0.2) is 0 Å². The summed E-state index contributed by atoms with van der Waals surface area (Å²) in [7, 11) is 0. The van der Waals surface area contributed by atoms with Crippen molar-refractivity contribution < 1.29 is 14.3 Å². The SMILES string of the molecule is C#CC(=O)Oc1ccc(NCc2cccc(Oc3ccccc3)c2)cc1. The minimum absolute atomic E-state index is 0.414. The van der Waals surface area contributed by atoms with Crippen molar-refractivity contribution in [3.63, 3.8) is 0 Å². The summed E-state index contributed by atoms with van der Waals surface area (Å²) in [4.78, 5) is 11.1. The molecule has 26 heavy (non-hydrogen) atoms. The Morgan fingerprint density at radius 1 is 0.885 bits per heavy atom. The number of nitrogens with one attached hydrogen (secondary N) is 1. The first kappa shape index (κ1) is 17.1. The van der Waals surface area contributed by atoms with Crippen LogP contribution in [-0.4, -0.2) is 5.97 Å². The zero-order chi connectivity index (χ0) is 18.2. The van der Waals surface area contributed by atoms with E-state index in [9.17, 15) is 4.79 Å². The minimum Gasteiger partial charge on any atom is -0.457 e. The summed E-state index contributed by atoms with van der Waals surface area (Å²) in [5, 5.41) is 3.31. The maximum atomic E-state index is 11.1. The van der Waals surface area contributed by atoms with Crippen LogP contribution >= 0.6 is 0 Å². The van der Waals surface area contributed by atoms with E-state index < -0.39 is 5.97 Å². The van der Waals surface area contributed by atoms with E-state index in [2.05, 4.69) is 5.32 Å². The molecule has 0 amide bonds. The van der Waals surface area contributed by atoms with Crippen LogP contribution in [0.1, 0.15) is 5.56 Å². The standard InChI is InChI=1S/C22H17NO3/c1-2-22(24)26-20-13-11-18(12-14-20)23-16-17-7-6-10-21(15-17)25-19-8-4-3-5-9-19/h1,3-15,23H,16H2. The van der Waals surface area contributed by atoms with Crippen LogP contribution in [0, 0.1) is 12.3 Å². The summed E-state index contributed by atoms with van der Waals surface area (Å²) in [6.07, 6.45) is 4.98. The maximum absolute atomic E-state index is 11.1. The number of para-hydroxylation sites is 1. The van der Waals surface area contributed by atoms with Gasteiger partial charge in [-0.15, -0.1) is 6.42 Å². The quantitative estimate of drug-likeness (QED) is 0.307. The molecule has 3 rings (SSSR count). The van der Waals surface area contributed by atoms with Crippen LogP contribution in [0.5, 0.6) is 17.2 Å². The zero-order valence-corrected chi connectivity index (χ0v) is 14.0. The molecular weight excluding hydrogens is 326 g/mol. The average molecular weight is 343 g/mol. The van der Waals surface area contributed by atoms with Crippen molar-refractivity contribution in [2.75, 3.05) is 5.32 Å². The second kappa shape index (κ2) is 8.41. The third-order valence-electron chi connectivity index (χ3n) is 3.56. The van der Waals surface area contributed by atoms with Crippen LogP contribution in [0.4, 0.5) is 5.69 Å². The first-order valence-electron chi connectivity index (χ1n) is 8.07. The van der Waals surface area contributed by atoms with Gasteiger partial charge in [0.1, 0.15) is 17.2 Å². The van der Waals surface area contributed by atoms with E-state index in [0.717, 1.165) is 22.7 Å². The number of anilines is 1. The average Bonchev–Trinajstić information content (AvgIpc) is 2.68. The van der Waals surface area contributed by atoms with Gasteiger partial charge in [-0.25, -0.2) is 4.79 Å².